The number of alkyl halides is 3. The highest BCUT2D eigenvalue weighted by Crippen LogP contribution is 2.31. The number of nitrogens with zero attached hydrogens (tertiary/aromatic N) is 2. The van der Waals surface area contributed by atoms with Crippen LogP contribution >= 0.6 is 0 Å². The van der Waals surface area contributed by atoms with E-state index in [4.69, 9.17) is 14.6 Å². The topological polar surface area (TPSA) is 215 Å². The van der Waals surface area contributed by atoms with E-state index in [1.165, 1.54) is 11.0 Å². The number of urea groups is 1. The number of likely N-dealkylation sites (N-methyl/N-ethyl adjacent to an activating group) is 1. The number of aliphatic carboxylic acids is 1. The van der Waals surface area contributed by atoms with Crippen LogP contribution in [0, 0.1) is 5.41 Å². The minimum absolute atomic E-state index is 0.0606. The summed E-state index contributed by atoms with van der Waals surface area (Å²) in [4.78, 5) is 72.5. The van der Waals surface area contributed by atoms with Crippen molar-refractivity contribution < 1.29 is 61.8 Å². The third-order valence-electron chi connectivity index (χ3n) is 6.83. The maximum atomic E-state index is 13.1. The van der Waals surface area contributed by atoms with Gasteiger partial charge in [0, 0.05) is 39.3 Å². The smallest absolute Gasteiger partial charge is 0.534 e. The SMILES string of the molecule is CCN1CCN(C(=O)NCC2(C(=O)N[C@H]3Cc4cccc(C(=O)O)c4OB3O)CNC2)C(=O)C1=O.O=C(O)C(F)(F)F. The van der Waals surface area contributed by atoms with Gasteiger partial charge in [-0.3, -0.25) is 19.3 Å². The minimum atomic E-state index is -5.08. The first kappa shape index (κ1) is 32.1. The van der Waals surface area contributed by atoms with E-state index in [2.05, 4.69) is 16.0 Å². The number of amides is 5. The first-order valence-electron chi connectivity index (χ1n) is 12.5. The van der Waals surface area contributed by atoms with E-state index < -0.39 is 60.3 Å². The molecule has 0 spiro atoms. The van der Waals surface area contributed by atoms with Crippen LogP contribution in [0.5, 0.6) is 5.75 Å². The number of imide groups is 1. The van der Waals surface area contributed by atoms with Gasteiger partial charge in [-0.25, -0.2) is 14.4 Å². The van der Waals surface area contributed by atoms with Crippen LogP contribution in [0.4, 0.5) is 18.0 Å². The summed E-state index contributed by atoms with van der Waals surface area (Å²) in [5, 5.41) is 35.2. The number of rotatable bonds is 6. The summed E-state index contributed by atoms with van der Waals surface area (Å²) in [7, 11) is -1.47. The lowest BCUT2D eigenvalue weighted by molar-refractivity contribution is -0.192. The van der Waals surface area contributed by atoms with Gasteiger partial charge in [0.05, 0.1) is 16.9 Å². The number of halogens is 3. The van der Waals surface area contributed by atoms with Crippen molar-refractivity contribution in [3.05, 3.63) is 29.3 Å². The molecule has 228 valence electrons. The van der Waals surface area contributed by atoms with Gasteiger partial charge < -0.3 is 40.7 Å². The Bertz CT molecular complexity index is 1280. The van der Waals surface area contributed by atoms with Gasteiger partial charge >= 0.3 is 43.1 Å². The highest BCUT2D eigenvalue weighted by molar-refractivity contribution is 6.47. The average Bonchev–Trinajstić information content (AvgIpc) is 2.89. The zero-order valence-electron chi connectivity index (χ0n) is 22.1. The van der Waals surface area contributed by atoms with Gasteiger partial charge in [0.25, 0.3) is 0 Å². The van der Waals surface area contributed by atoms with Crippen molar-refractivity contribution in [2.75, 3.05) is 39.3 Å². The van der Waals surface area contributed by atoms with Crippen molar-refractivity contribution in [1.29, 1.82) is 0 Å². The molecule has 3 heterocycles. The van der Waals surface area contributed by atoms with E-state index in [1.807, 2.05) is 0 Å². The Labute approximate surface area is 236 Å². The number of carbonyl (C=O) groups excluding carboxylic acids is 4. The summed E-state index contributed by atoms with van der Waals surface area (Å²) in [6, 6.07) is 3.82. The van der Waals surface area contributed by atoms with E-state index in [-0.39, 0.29) is 50.5 Å². The molecule has 1 aromatic rings. The molecule has 1 atom stereocenters. The molecule has 1 aromatic carbocycles. The lowest BCUT2D eigenvalue weighted by Crippen LogP contribution is -2.69. The van der Waals surface area contributed by atoms with Crippen molar-refractivity contribution in [1.82, 2.24) is 25.8 Å². The molecule has 42 heavy (non-hydrogen) atoms. The van der Waals surface area contributed by atoms with Crippen LogP contribution < -0.4 is 20.6 Å². The third kappa shape index (κ3) is 6.90. The molecule has 0 aromatic heterocycles. The van der Waals surface area contributed by atoms with Gasteiger partial charge in [-0.2, -0.15) is 13.2 Å². The Balaban J connectivity index is 0.000000616. The Hall–Kier alpha value is -4.39. The normalized spacial score (nSPS) is 19.4. The van der Waals surface area contributed by atoms with Crippen molar-refractivity contribution in [2.24, 2.45) is 5.41 Å². The van der Waals surface area contributed by atoms with Crippen molar-refractivity contribution in [2.45, 2.75) is 25.5 Å². The molecular formula is C23H27BF3N5O10. The molecule has 15 nitrogen and oxygen atoms in total. The molecule has 2 saturated heterocycles. The molecule has 0 aliphatic carbocycles. The van der Waals surface area contributed by atoms with Gasteiger partial charge in [0.2, 0.25) is 5.91 Å². The second-order valence-corrected chi connectivity index (χ2v) is 9.58. The van der Waals surface area contributed by atoms with Gasteiger partial charge in [0.15, 0.2) is 0 Å². The molecule has 0 saturated carbocycles. The number of carboxylic acid groups (broad SMARTS) is 2. The first-order valence-corrected chi connectivity index (χ1v) is 12.5. The van der Waals surface area contributed by atoms with E-state index in [0.717, 1.165) is 4.90 Å². The number of aromatic carboxylic acids is 1. The van der Waals surface area contributed by atoms with Gasteiger partial charge in [-0.05, 0) is 25.0 Å². The van der Waals surface area contributed by atoms with Gasteiger partial charge in [-0.1, -0.05) is 12.1 Å². The van der Waals surface area contributed by atoms with Crippen molar-refractivity contribution in [3.63, 3.8) is 0 Å². The Morgan fingerprint density at radius 1 is 1.14 bits per heavy atom. The van der Waals surface area contributed by atoms with E-state index >= 15 is 0 Å². The summed E-state index contributed by atoms with van der Waals surface area (Å²) < 4.78 is 37.2. The predicted molar refractivity (Wildman–Crippen MR) is 134 cm³/mol. The fourth-order valence-electron chi connectivity index (χ4n) is 4.34. The van der Waals surface area contributed by atoms with Crippen LogP contribution in [0.2, 0.25) is 0 Å². The van der Waals surface area contributed by atoms with E-state index in [0.29, 0.717) is 12.1 Å². The van der Waals surface area contributed by atoms with Gasteiger partial charge in [0.1, 0.15) is 5.75 Å². The summed E-state index contributed by atoms with van der Waals surface area (Å²) in [6.07, 6.45) is -4.93. The Morgan fingerprint density at radius 3 is 2.31 bits per heavy atom. The highest BCUT2D eigenvalue weighted by Gasteiger charge is 2.48. The fraction of sp³-hybridized carbons (Fsp3) is 0.478. The van der Waals surface area contributed by atoms with Gasteiger partial charge in [-0.15, -0.1) is 0 Å². The van der Waals surface area contributed by atoms with Crippen molar-refractivity contribution in [3.8, 4) is 5.75 Å². The molecule has 3 aliphatic heterocycles. The summed E-state index contributed by atoms with van der Waals surface area (Å²) in [5.41, 5.74) is -0.581. The predicted octanol–water partition coefficient (Wildman–Crippen LogP) is -1.55. The Kier molecular flexibility index (Phi) is 9.67. The summed E-state index contributed by atoms with van der Waals surface area (Å²) in [5.74, 6) is -6.83. The molecule has 0 bridgehead atoms. The van der Waals surface area contributed by atoms with Crippen LogP contribution in [0.25, 0.3) is 0 Å². The quantitative estimate of drug-likeness (QED) is 0.162. The zero-order valence-corrected chi connectivity index (χ0v) is 22.1. The number of piperazine rings is 1. The fourth-order valence-corrected chi connectivity index (χ4v) is 4.34. The molecule has 0 radical (unpaired) electrons. The lowest BCUT2D eigenvalue weighted by atomic mass is 9.71. The third-order valence-corrected chi connectivity index (χ3v) is 6.83. The lowest BCUT2D eigenvalue weighted by Gasteiger charge is -2.42. The molecule has 2 fully saturated rings. The first-order chi connectivity index (χ1) is 19.6. The highest BCUT2D eigenvalue weighted by atomic mass is 19.4. The molecule has 6 N–H and O–H groups in total. The molecule has 0 unspecified atom stereocenters. The van der Waals surface area contributed by atoms with Crippen LogP contribution in [-0.2, 0) is 25.6 Å². The summed E-state index contributed by atoms with van der Waals surface area (Å²) in [6.45, 7) is 2.82. The average molecular weight is 601 g/mol. The van der Waals surface area contributed by atoms with Crippen LogP contribution in [0.15, 0.2) is 18.2 Å². The Morgan fingerprint density at radius 2 is 1.79 bits per heavy atom. The number of carbonyl (C=O) groups is 6. The number of hydrogen-bond donors (Lipinski definition) is 6. The minimum Gasteiger partial charge on any atom is -0.534 e. The van der Waals surface area contributed by atoms with Crippen LogP contribution in [0.3, 0.4) is 0 Å². The van der Waals surface area contributed by atoms with Crippen LogP contribution in [0.1, 0.15) is 22.8 Å². The number of carboxylic acids is 2. The molecule has 5 amide bonds. The largest absolute Gasteiger partial charge is 0.547 e. The molecular weight excluding hydrogens is 574 g/mol. The molecule has 4 rings (SSSR count). The number of benzene rings is 1. The number of nitrogens with one attached hydrogen (secondary N) is 3. The monoisotopic (exact) mass is 601 g/mol. The van der Waals surface area contributed by atoms with Crippen molar-refractivity contribution >= 4 is 42.8 Å². The standard InChI is InChI=1S/C21H26BN5O8.C2HF3O2/c1-2-26-6-7-27(17(29)16(26)28)20(33)24-11-21(9-23-10-21)19(32)25-14-8-12-4-3-5-13(18(30)31)15(12)35-22(14)34;3-2(4,5)1(6)7/h3-5,14,23,34H,2,6-11H2,1H3,(H,24,33)(H,25,32)(H,30,31);(H,6,7)/t14-;/m0./s1. The maximum Gasteiger partial charge on any atom is 0.547 e. The number of hydrogen-bond acceptors (Lipinski definition) is 9. The zero-order chi connectivity index (χ0) is 31.4. The van der Waals surface area contributed by atoms with E-state index in [1.54, 1.807) is 19.1 Å². The van der Waals surface area contributed by atoms with E-state index in [9.17, 15) is 47.3 Å². The maximum absolute atomic E-state index is 13.1. The summed E-state index contributed by atoms with van der Waals surface area (Å²) >= 11 is 0. The second kappa shape index (κ2) is 12.6. The van der Waals surface area contributed by atoms with Crippen LogP contribution in [-0.4, -0.2) is 119 Å². The molecule has 3 aliphatic rings. The second-order valence-electron chi connectivity index (χ2n) is 9.58. The number of para-hydroxylation sites is 1. The number of fused-ring (bicyclic) bond motifs is 1. The molecule has 19 heteroatoms.